The molecule has 0 aliphatic heterocycles. The lowest BCUT2D eigenvalue weighted by Gasteiger charge is -2.10. The molecule has 2 aromatic heterocycles. The standard InChI is InChI=1S/C26H29N3O2/c1-28(2)11-6-12-29-18-25(24-15-23(31-4)9-10-26(24)29)21-13-20(16-27-17-21)19-7-5-8-22(14-19)30-3/h5,7-10,13-18H,6,11-12H2,1-4H3. The van der Waals surface area contributed by atoms with Crippen LogP contribution in [0.25, 0.3) is 33.2 Å². The smallest absolute Gasteiger partial charge is 0.119 e. The summed E-state index contributed by atoms with van der Waals surface area (Å²) in [5, 5.41) is 1.17. The van der Waals surface area contributed by atoms with Crippen LogP contribution in [0.4, 0.5) is 0 Å². The Balaban J connectivity index is 1.77. The summed E-state index contributed by atoms with van der Waals surface area (Å²) in [5.74, 6) is 1.70. The van der Waals surface area contributed by atoms with Crippen molar-refractivity contribution in [3.8, 4) is 33.8 Å². The molecule has 0 bridgehead atoms. The normalized spacial score (nSPS) is 11.3. The van der Waals surface area contributed by atoms with Gasteiger partial charge < -0.3 is 18.9 Å². The van der Waals surface area contributed by atoms with Gasteiger partial charge in [-0.15, -0.1) is 0 Å². The van der Waals surface area contributed by atoms with Crippen LogP contribution in [0.5, 0.6) is 11.5 Å². The molecule has 0 saturated heterocycles. The van der Waals surface area contributed by atoms with E-state index in [9.17, 15) is 0 Å². The number of hydrogen-bond acceptors (Lipinski definition) is 4. The first-order valence-corrected chi connectivity index (χ1v) is 10.5. The van der Waals surface area contributed by atoms with Gasteiger partial charge in [-0.25, -0.2) is 0 Å². The lowest BCUT2D eigenvalue weighted by atomic mass is 10.0. The highest BCUT2D eigenvalue weighted by molar-refractivity contribution is 5.97. The highest BCUT2D eigenvalue weighted by atomic mass is 16.5. The number of fused-ring (bicyclic) bond motifs is 1. The van der Waals surface area contributed by atoms with Crippen LogP contribution >= 0.6 is 0 Å². The van der Waals surface area contributed by atoms with E-state index in [0.717, 1.165) is 53.3 Å². The molecule has 0 radical (unpaired) electrons. The molecule has 0 spiro atoms. The number of aryl methyl sites for hydroxylation is 1. The molecule has 160 valence electrons. The molecule has 2 heterocycles. The maximum atomic E-state index is 5.51. The van der Waals surface area contributed by atoms with Gasteiger partial charge in [0.25, 0.3) is 0 Å². The molecule has 0 fully saturated rings. The molecular formula is C26H29N3O2. The molecule has 4 rings (SSSR count). The lowest BCUT2D eigenvalue weighted by molar-refractivity contribution is 0.388. The average molecular weight is 416 g/mol. The van der Waals surface area contributed by atoms with Crippen molar-refractivity contribution in [1.29, 1.82) is 0 Å². The van der Waals surface area contributed by atoms with Gasteiger partial charge in [0.05, 0.1) is 14.2 Å². The quantitative estimate of drug-likeness (QED) is 0.389. The minimum absolute atomic E-state index is 0.838. The summed E-state index contributed by atoms with van der Waals surface area (Å²) in [7, 11) is 7.62. The Morgan fingerprint density at radius 1 is 0.871 bits per heavy atom. The van der Waals surface area contributed by atoms with Gasteiger partial charge in [-0.2, -0.15) is 0 Å². The molecule has 5 heteroatoms. The second kappa shape index (κ2) is 9.23. The van der Waals surface area contributed by atoms with Crippen molar-refractivity contribution in [3.05, 3.63) is 67.1 Å². The van der Waals surface area contributed by atoms with Crippen molar-refractivity contribution in [2.24, 2.45) is 0 Å². The van der Waals surface area contributed by atoms with Crippen LogP contribution in [-0.2, 0) is 6.54 Å². The van der Waals surface area contributed by atoms with Crippen molar-refractivity contribution in [1.82, 2.24) is 14.5 Å². The predicted octanol–water partition coefficient (Wildman–Crippen LogP) is 5.34. The van der Waals surface area contributed by atoms with E-state index in [1.165, 1.54) is 10.9 Å². The summed E-state index contributed by atoms with van der Waals surface area (Å²) >= 11 is 0. The number of methoxy groups -OCH3 is 2. The summed E-state index contributed by atoms with van der Waals surface area (Å²) in [5.41, 5.74) is 5.61. The minimum Gasteiger partial charge on any atom is -0.497 e. The van der Waals surface area contributed by atoms with E-state index < -0.39 is 0 Å². The molecule has 4 aromatic rings. The number of pyridine rings is 1. The maximum absolute atomic E-state index is 5.51. The number of rotatable bonds is 8. The van der Waals surface area contributed by atoms with Crippen LogP contribution in [0.2, 0.25) is 0 Å². The van der Waals surface area contributed by atoms with Crippen molar-refractivity contribution < 1.29 is 9.47 Å². The zero-order valence-corrected chi connectivity index (χ0v) is 18.6. The Hall–Kier alpha value is -3.31. The van der Waals surface area contributed by atoms with E-state index in [1.807, 2.05) is 36.7 Å². The van der Waals surface area contributed by atoms with E-state index in [4.69, 9.17) is 9.47 Å². The Morgan fingerprint density at radius 3 is 2.42 bits per heavy atom. The third kappa shape index (κ3) is 4.57. The first kappa shape index (κ1) is 20.9. The van der Waals surface area contributed by atoms with Crippen LogP contribution in [0, 0.1) is 0 Å². The fourth-order valence-corrected chi connectivity index (χ4v) is 3.92. The summed E-state index contributed by atoms with van der Waals surface area (Å²) in [6.45, 7) is 2.02. The fourth-order valence-electron chi connectivity index (χ4n) is 3.92. The van der Waals surface area contributed by atoms with Crippen LogP contribution in [0.1, 0.15) is 6.42 Å². The number of aromatic nitrogens is 2. The zero-order valence-electron chi connectivity index (χ0n) is 18.6. The average Bonchev–Trinajstić information content (AvgIpc) is 3.16. The largest absolute Gasteiger partial charge is 0.497 e. The van der Waals surface area contributed by atoms with Gasteiger partial charge in [0, 0.05) is 52.7 Å². The molecule has 2 aromatic carbocycles. The first-order chi connectivity index (χ1) is 15.1. The summed E-state index contributed by atoms with van der Waals surface area (Å²) in [6, 6.07) is 16.6. The minimum atomic E-state index is 0.838. The van der Waals surface area contributed by atoms with Crippen LogP contribution in [0.15, 0.2) is 67.1 Å². The van der Waals surface area contributed by atoms with Gasteiger partial charge in [-0.1, -0.05) is 12.1 Å². The van der Waals surface area contributed by atoms with Gasteiger partial charge in [0.1, 0.15) is 11.5 Å². The summed E-state index contributed by atoms with van der Waals surface area (Å²) < 4.78 is 13.2. The number of hydrogen-bond donors (Lipinski definition) is 0. The van der Waals surface area contributed by atoms with E-state index in [-0.39, 0.29) is 0 Å². The molecule has 31 heavy (non-hydrogen) atoms. The second-order valence-electron chi connectivity index (χ2n) is 7.97. The molecule has 5 nitrogen and oxygen atoms in total. The molecule has 0 amide bonds. The van der Waals surface area contributed by atoms with Crippen LogP contribution in [-0.4, -0.2) is 49.3 Å². The zero-order chi connectivity index (χ0) is 21.8. The molecule has 0 saturated carbocycles. The van der Waals surface area contributed by atoms with E-state index >= 15 is 0 Å². The van der Waals surface area contributed by atoms with Gasteiger partial charge in [0.15, 0.2) is 0 Å². The van der Waals surface area contributed by atoms with Crippen molar-refractivity contribution in [2.75, 3.05) is 34.9 Å². The summed E-state index contributed by atoms with van der Waals surface area (Å²) in [4.78, 5) is 6.77. The van der Waals surface area contributed by atoms with Crippen LogP contribution < -0.4 is 9.47 Å². The predicted molar refractivity (Wildman–Crippen MR) is 127 cm³/mol. The fraction of sp³-hybridized carbons (Fsp3) is 0.269. The number of ether oxygens (including phenoxy) is 2. The van der Waals surface area contributed by atoms with Crippen molar-refractivity contribution >= 4 is 10.9 Å². The Labute approximate surface area is 183 Å². The Kier molecular flexibility index (Phi) is 6.23. The highest BCUT2D eigenvalue weighted by Crippen LogP contribution is 2.35. The van der Waals surface area contributed by atoms with E-state index in [1.54, 1.807) is 14.2 Å². The lowest BCUT2D eigenvalue weighted by Crippen LogP contribution is -2.14. The number of benzene rings is 2. The number of nitrogens with zero attached hydrogens (tertiary/aromatic N) is 3. The molecule has 0 unspecified atom stereocenters. The van der Waals surface area contributed by atoms with Gasteiger partial charge >= 0.3 is 0 Å². The third-order valence-electron chi connectivity index (χ3n) is 5.54. The van der Waals surface area contributed by atoms with Crippen molar-refractivity contribution in [2.45, 2.75) is 13.0 Å². The molecule has 0 N–H and O–H groups in total. The summed E-state index contributed by atoms with van der Waals surface area (Å²) in [6.07, 6.45) is 7.16. The van der Waals surface area contributed by atoms with Gasteiger partial charge in [-0.3, -0.25) is 4.98 Å². The van der Waals surface area contributed by atoms with Crippen LogP contribution in [0.3, 0.4) is 0 Å². The molecule has 0 aliphatic rings. The SMILES string of the molecule is COc1cccc(-c2cncc(-c3cn(CCCN(C)C)c4ccc(OC)cc34)c2)c1. The molecular weight excluding hydrogens is 386 g/mol. The van der Waals surface area contributed by atoms with E-state index in [2.05, 4.69) is 59.0 Å². The Morgan fingerprint density at radius 2 is 1.65 bits per heavy atom. The topological polar surface area (TPSA) is 39.5 Å². The van der Waals surface area contributed by atoms with Crippen molar-refractivity contribution in [3.63, 3.8) is 0 Å². The van der Waals surface area contributed by atoms with E-state index in [0.29, 0.717) is 0 Å². The monoisotopic (exact) mass is 415 g/mol. The first-order valence-electron chi connectivity index (χ1n) is 10.5. The molecule has 0 aliphatic carbocycles. The van der Waals surface area contributed by atoms with Gasteiger partial charge in [0.2, 0.25) is 0 Å². The maximum Gasteiger partial charge on any atom is 0.119 e. The third-order valence-corrected chi connectivity index (χ3v) is 5.54. The Bertz CT molecular complexity index is 1180. The van der Waals surface area contributed by atoms with Gasteiger partial charge in [-0.05, 0) is 69.0 Å². The highest BCUT2D eigenvalue weighted by Gasteiger charge is 2.13. The molecule has 0 atom stereocenters. The second-order valence-corrected chi connectivity index (χ2v) is 7.97.